The Bertz CT molecular complexity index is 766. The molecular formula is C16H15Cl2N3. The molecule has 1 heterocycles. The van der Waals surface area contributed by atoms with E-state index in [4.69, 9.17) is 33.9 Å². The number of imidazole rings is 1. The van der Waals surface area contributed by atoms with Crippen LogP contribution in [0.1, 0.15) is 6.42 Å². The Labute approximate surface area is 133 Å². The summed E-state index contributed by atoms with van der Waals surface area (Å²) < 4.78 is 2.15. The summed E-state index contributed by atoms with van der Waals surface area (Å²) in [5.41, 5.74) is 8.55. The van der Waals surface area contributed by atoms with Crippen LogP contribution >= 0.6 is 23.2 Å². The predicted molar refractivity (Wildman–Crippen MR) is 88.9 cm³/mol. The summed E-state index contributed by atoms with van der Waals surface area (Å²) in [5.74, 6) is 0.914. The van der Waals surface area contributed by atoms with Crippen molar-refractivity contribution in [3.63, 3.8) is 0 Å². The molecule has 0 unspecified atom stereocenters. The summed E-state index contributed by atoms with van der Waals surface area (Å²) >= 11 is 12.2. The first-order chi connectivity index (χ1) is 10.2. The molecule has 0 fully saturated rings. The first kappa shape index (κ1) is 14.4. The van der Waals surface area contributed by atoms with Gasteiger partial charge in [-0.3, -0.25) is 0 Å². The zero-order chi connectivity index (χ0) is 14.8. The second-order valence-electron chi connectivity index (χ2n) is 4.85. The van der Waals surface area contributed by atoms with Crippen LogP contribution in [0.15, 0.2) is 42.5 Å². The first-order valence-electron chi connectivity index (χ1n) is 6.81. The van der Waals surface area contributed by atoms with E-state index in [9.17, 15) is 0 Å². The van der Waals surface area contributed by atoms with Gasteiger partial charge in [0.2, 0.25) is 0 Å². The van der Waals surface area contributed by atoms with E-state index < -0.39 is 0 Å². The number of nitrogens with zero attached hydrogens (tertiary/aromatic N) is 2. The molecule has 2 aromatic carbocycles. The zero-order valence-electron chi connectivity index (χ0n) is 11.4. The number of halogens is 2. The zero-order valence-corrected chi connectivity index (χ0v) is 12.9. The Hall–Kier alpha value is -1.55. The summed E-state index contributed by atoms with van der Waals surface area (Å²) in [4.78, 5) is 4.72. The molecule has 0 aliphatic carbocycles. The van der Waals surface area contributed by atoms with E-state index in [0.29, 0.717) is 16.6 Å². The van der Waals surface area contributed by atoms with Gasteiger partial charge in [0, 0.05) is 12.1 Å². The topological polar surface area (TPSA) is 43.8 Å². The van der Waals surface area contributed by atoms with Gasteiger partial charge in [0.1, 0.15) is 5.82 Å². The van der Waals surface area contributed by atoms with E-state index in [0.717, 1.165) is 35.4 Å². The molecule has 5 heteroatoms. The van der Waals surface area contributed by atoms with Crippen LogP contribution in [0.3, 0.4) is 0 Å². The predicted octanol–water partition coefficient (Wildman–Crippen LogP) is 4.36. The molecule has 0 aliphatic heterocycles. The van der Waals surface area contributed by atoms with Crippen molar-refractivity contribution in [3.8, 4) is 11.4 Å². The molecule has 0 saturated carbocycles. The number of nitrogens with two attached hydrogens (primary N) is 1. The average molecular weight is 320 g/mol. The van der Waals surface area contributed by atoms with Crippen LogP contribution in [-0.2, 0) is 6.54 Å². The minimum absolute atomic E-state index is 0.521. The maximum atomic E-state index is 6.15. The maximum absolute atomic E-state index is 6.15. The van der Waals surface area contributed by atoms with Crippen LogP contribution in [0, 0.1) is 0 Å². The maximum Gasteiger partial charge on any atom is 0.141 e. The molecule has 0 saturated heterocycles. The van der Waals surface area contributed by atoms with Gasteiger partial charge in [-0.15, -0.1) is 0 Å². The molecule has 0 spiro atoms. The Kier molecular flexibility index (Phi) is 4.15. The smallest absolute Gasteiger partial charge is 0.141 e. The van der Waals surface area contributed by atoms with Crippen LogP contribution in [0.4, 0.5) is 0 Å². The second kappa shape index (κ2) is 6.06. The van der Waals surface area contributed by atoms with Crippen LogP contribution in [0.5, 0.6) is 0 Å². The summed E-state index contributed by atoms with van der Waals surface area (Å²) in [6, 6.07) is 13.8. The lowest BCUT2D eigenvalue weighted by molar-refractivity contribution is 0.671. The molecule has 21 heavy (non-hydrogen) atoms. The minimum atomic E-state index is 0.521. The van der Waals surface area contributed by atoms with Crippen molar-refractivity contribution < 1.29 is 0 Å². The van der Waals surface area contributed by atoms with E-state index in [1.54, 1.807) is 0 Å². The van der Waals surface area contributed by atoms with Crippen molar-refractivity contribution in [2.75, 3.05) is 6.54 Å². The number of fused-ring (bicyclic) bond motifs is 1. The highest BCUT2D eigenvalue weighted by molar-refractivity contribution is 6.42. The van der Waals surface area contributed by atoms with Crippen LogP contribution in [0.2, 0.25) is 10.0 Å². The monoisotopic (exact) mass is 319 g/mol. The highest BCUT2D eigenvalue weighted by Gasteiger charge is 2.14. The van der Waals surface area contributed by atoms with Crippen molar-refractivity contribution >= 4 is 34.2 Å². The third-order valence-electron chi connectivity index (χ3n) is 3.41. The SMILES string of the molecule is NCCCn1c(-c2ccccc2)nc2cc(Cl)c(Cl)cc21. The lowest BCUT2D eigenvalue weighted by Crippen LogP contribution is -2.07. The van der Waals surface area contributed by atoms with Crippen molar-refractivity contribution in [1.29, 1.82) is 0 Å². The molecule has 3 rings (SSSR count). The average Bonchev–Trinajstić information content (AvgIpc) is 2.84. The van der Waals surface area contributed by atoms with Gasteiger partial charge in [0.15, 0.2) is 0 Å². The van der Waals surface area contributed by atoms with E-state index in [-0.39, 0.29) is 0 Å². The Morgan fingerprint density at radius 3 is 2.48 bits per heavy atom. The normalized spacial score (nSPS) is 11.2. The number of aromatic nitrogens is 2. The summed E-state index contributed by atoms with van der Waals surface area (Å²) in [6.45, 7) is 1.43. The Morgan fingerprint density at radius 2 is 1.76 bits per heavy atom. The summed E-state index contributed by atoms with van der Waals surface area (Å²) in [5, 5.41) is 1.06. The lowest BCUT2D eigenvalue weighted by Gasteiger charge is -2.08. The molecule has 2 N–H and O–H groups in total. The molecule has 1 aromatic heterocycles. The van der Waals surface area contributed by atoms with Crippen molar-refractivity contribution in [2.24, 2.45) is 5.73 Å². The van der Waals surface area contributed by atoms with Gasteiger partial charge in [-0.1, -0.05) is 53.5 Å². The Morgan fingerprint density at radius 1 is 1.05 bits per heavy atom. The molecule has 0 atom stereocenters. The lowest BCUT2D eigenvalue weighted by atomic mass is 10.2. The molecular weight excluding hydrogens is 305 g/mol. The van der Waals surface area contributed by atoms with Gasteiger partial charge in [-0.05, 0) is 25.1 Å². The van der Waals surface area contributed by atoms with Gasteiger partial charge < -0.3 is 10.3 Å². The minimum Gasteiger partial charge on any atom is -0.330 e. The van der Waals surface area contributed by atoms with Gasteiger partial charge >= 0.3 is 0 Å². The van der Waals surface area contributed by atoms with Crippen LogP contribution in [-0.4, -0.2) is 16.1 Å². The highest BCUT2D eigenvalue weighted by atomic mass is 35.5. The summed E-state index contributed by atoms with van der Waals surface area (Å²) in [7, 11) is 0. The van der Waals surface area contributed by atoms with Gasteiger partial charge in [0.25, 0.3) is 0 Å². The van der Waals surface area contributed by atoms with E-state index in [1.807, 2.05) is 42.5 Å². The second-order valence-corrected chi connectivity index (χ2v) is 5.66. The number of hydrogen-bond acceptors (Lipinski definition) is 2. The van der Waals surface area contributed by atoms with Crippen LogP contribution in [0.25, 0.3) is 22.4 Å². The largest absolute Gasteiger partial charge is 0.330 e. The molecule has 0 aliphatic rings. The fraction of sp³-hybridized carbons (Fsp3) is 0.188. The molecule has 3 aromatic rings. The number of benzene rings is 2. The van der Waals surface area contributed by atoms with Crippen molar-refractivity contribution in [3.05, 3.63) is 52.5 Å². The molecule has 108 valence electrons. The molecule has 0 amide bonds. The van der Waals surface area contributed by atoms with Gasteiger partial charge in [-0.25, -0.2) is 4.98 Å². The summed E-state index contributed by atoms with van der Waals surface area (Å²) in [6.07, 6.45) is 0.880. The number of rotatable bonds is 4. The van der Waals surface area contributed by atoms with Crippen LogP contribution < -0.4 is 5.73 Å². The van der Waals surface area contributed by atoms with E-state index >= 15 is 0 Å². The Balaban J connectivity index is 2.22. The highest BCUT2D eigenvalue weighted by Crippen LogP contribution is 2.31. The van der Waals surface area contributed by atoms with E-state index in [2.05, 4.69) is 4.57 Å². The fourth-order valence-corrected chi connectivity index (χ4v) is 2.72. The standard InChI is InChI=1S/C16H15Cl2N3/c17-12-9-14-15(10-13(12)18)21(8-4-7-19)16(20-14)11-5-2-1-3-6-11/h1-3,5-6,9-10H,4,7-8,19H2. The quantitative estimate of drug-likeness (QED) is 0.776. The molecule has 0 radical (unpaired) electrons. The van der Waals surface area contributed by atoms with Crippen molar-refractivity contribution in [1.82, 2.24) is 9.55 Å². The third kappa shape index (κ3) is 2.77. The van der Waals surface area contributed by atoms with Gasteiger partial charge in [0.05, 0.1) is 21.1 Å². The number of hydrogen-bond donors (Lipinski definition) is 1. The van der Waals surface area contributed by atoms with Gasteiger partial charge in [-0.2, -0.15) is 0 Å². The molecule has 3 nitrogen and oxygen atoms in total. The third-order valence-corrected chi connectivity index (χ3v) is 4.13. The number of aryl methyl sites for hydroxylation is 1. The van der Waals surface area contributed by atoms with E-state index in [1.165, 1.54) is 0 Å². The fourth-order valence-electron chi connectivity index (χ4n) is 2.40. The molecule has 0 bridgehead atoms. The first-order valence-corrected chi connectivity index (χ1v) is 7.57. The van der Waals surface area contributed by atoms with Crippen molar-refractivity contribution in [2.45, 2.75) is 13.0 Å².